The molecule has 0 atom stereocenters. The van der Waals surface area contributed by atoms with Crippen LogP contribution in [0.1, 0.15) is 16.2 Å². The predicted molar refractivity (Wildman–Crippen MR) is 83.1 cm³/mol. The second kappa shape index (κ2) is 5.78. The summed E-state index contributed by atoms with van der Waals surface area (Å²) in [5, 5.41) is 16.9. The minimum atomic E-state index is -0.368. The molecule has 1 aromatic carbocycles. The number of nitrogens with one attached hydrogen (secondary N) is 3. The molecule has 0 spiro atoms. The molecule has 0 unspecified atom stereocenters. The number of benzene rings is 1. The Kier molecular flexibility index (Phi) is 3.82. The van der Waals surface area contributed by atoms with Crippen LogP contribution in [0.3, 0.4) is 0 Å². The number of halogens is 2. The van der Waals surface area contributed by atoms with Crippen LogP contribution >= 0.6 is 23.2 Å². The summed E-state index contributed by atoms with van der Waals surface area (Å²) in [4.78, 5) is 15.0. The van der Waals surface area contributed by atoms with Crippen LogP contribution in [0.2, 0.25) is 10.0 Å². The summed E-state index contributed by atoms with van der Waals surface area (Å²) >= 11 is 12.0. The summed E-state index contributed by atoms with van der Waals surface area (Å²) in [5.41, 5.74) is 2.26. The third kappa shape index (κ3) is 2.68. The molecule has 112 valence electrons. The van der Waals surface area contributed by atoms with E-state index in [4.69, 9.17) is 23.2 Å². The predicted octanol–water partition coefficient (Wildman–Crippen LogP) is 3.06. The first-order chi connectivity index (χ1) is 10.6. The summed E-state index contributed by atoms with van der Waals surface area (Å²) in [6, 6.07) is 7.01. The van der Waals surface area contributed by atoms with Crippen molar-refractivity contribution in [1.82, 2.24) is 25.6 Å². The first-order valence-corrected chi connectivity index (χ1v) is 7.00. The van der Waals surface area contributed by atoms with Crippen molar-refractivity contribution in [3.63, 3.8) is 0 Å². The Morgan fingerprint density at radius 2 is 1.91 bits per heavy atom. The van der Waals surface area contributed by atoms with E-state index in [2.05, 4.69) is 30.9 Å². The Morgan fingerprint density at radius 3 is 2.45 bits per heavy atom. The Labute approximate surface area is 135 Å². The molecular formula is C13H10Cl2N6O. The molecule has 2 aromatic heterocycles. The van der Waals surface area contributed by atoms with Crippen LogP contribution in [0, 0.1) is 6.92 Å². The Hall–Kier alpha value is -2.38. The maximum atomic E-state index is 12.2. The van der Waals surface area contributed by atoms with Gasteiger partial charge in [-0.2, -0.15) is 5.21 Å². The van der Waals surface area contributed by atoms with Gasteiger partial charge in [0, 0.05) is 16.9 Å². The number of aryl methyl sites for hydroxylation is 1. The zero-order chi connectivity index (χ0) is 15.7. The molecular weight excluding hydrogens is 327 g/mol. The van der Waals surface area contributed by atoms with E-state index in [9.17, 15) is 4.79 Å². The lowest BCUT2D eigenvalue weighted by Gasteiger charge is -2.05. The van der Waals surface area contributed by atoms with Gasteiger partial charge in [0.1, 0.15) is 5.69 Å². The maximum Gasteiger partial charge on any atom is 0.273 e. The van der Waals surface area contributed by atoms with Crippen molar-refractivity contribution in [3.8, 4) is 11.4 Å². The van der Waals surface area contributed by atoms with Gasteiger partial charge in [-0.05, 0) is 36.4 Å². The monoisotopic (exact) mass is 336 g/mol. The molecule has 0 fully saturated rings. The number of carbonyl (C=O) groups is 1. The molecule has 3 N–H and O–H groups in total. The number of anilines is 1. The molecule has 2 heterocycles. The van der Waals surface area contributed by atoms with E-state index in [-0.39, 0.29) is 16.6 Å². The van der Waals surface area contributed by atoms with Gasteiger partial charge in [-0.25, -0.2) is 0 Å². The molecule has 3 aromatic rings. The number of carbonyl (C=O) groups excluding carboxylic acids is 1. The highest BCUT2D eigenvalue weighted by Crippen LogP contribution is 2.29. The molecule has 3 rings (SSSR count). The van der Waals surface area contributed by atoms with Crippen molar-refractivity contribution in [3.05, 3.63) is 45.7 Å². The Morgan fingerprint density at radius 1 is 1.18 bits per heavy atom. The van der Waals surface area contributed by atoms with Gasteiger partial charge in [-0.15, -0.1) is 10.2 Å². The van der Waals surface area contributed by atoms with Crippen molar-refractivity contribution < 1.29 is 4.79 Å². The van der Waals surface area contributed by atoms with E-state index in [0.717, 1.165) is 5.56 Å². The number of tetrazole rings is 1. The van der Waals surface area contributed by atoms with Gasteiger partial charge >= 0.3 is 0 Å². The number of hydrogen-bond acceptors (Lipinski definition) is 4. The number of rotatable bonds is 3. The van der Waals surface area contributed by atoms with Crippen LogP contribution in [0.15, 0.2) is 24.3 Å². The SMILES string of the molecule is Cc1[nH]c(C(=O)Nc2ccc(-c3nn[nH]n3)cc2)c(Cl)c1Cl. The van der Waals surface area contributed by atoms with Gasteiger partial charge in [0.25, 0.3) is 5.91 Å². The van der Waals surface area contributed by atoms with E-state index in [1.165, 1.54) is 0 Å². The van der Waals surface area contributed by atoms with Crippen LogP contribution in [0.4, 0.5) is 5.69 Å². The van der Waals surface area contributed by atoms with Crippen molar-refractivity contribution >= 4 is 34.8 Å². The average Bonchev–Trinajstić information content (AvgIpc) is 3.13. The van der Waals surface area contributed by atoms with Gasteiger partial charge in [-0.3, -0.25) is 4.79 Å². The summed E-state index contributed by atoms with van der Waals surface area (Å²) in [6.45, 7) is 1.74. The highest BCUT2D eigenvalue weighted by Gasteiger charge is 2.18. The second-order valence-electron chi connectivity index (χ2n) is 4.52. The van der Waals surface area contributed by atoms with E-state index >= 15 is 0 Å². The molecule has 0 aliphatic rings. The second-order valence-corrected chi connectivity index (χ2v) is 5.28. The average molecular weight is 337 g/mol. The molecule has 22 heavy (non-hydrogen) atoms. The lowest BCUT2D eigenvalue weighted by Crippen LogP contribution is -2.12. The number of amides is 1. The maximum absolute atomic E-state index is 12.2. The first-order valence-electron chi connectivity index (χ1n) is 6.25. The van der Waals surface area contributed by atoms with Crippen molar-refractivity contribution in [2.75, 3.05) is 5.32 Å². The van der Waals surface area contributed by atoms with Gasteiger partial charge in [0.2, 0.25) is 5.82 Å². The Balaban J connectivity index is 1.78. The van der Waals surface area contributed by atoms with Crippen LogP contribution in [0.25, 0.3) is 11.4 Å². The van der Waals surface area contributed by atoms with E-state index < -0.39 is 0 Å². The number of H-pyrrole nitrogens is 2. The van der Waals surface area contributed by atoms with Crippen LogP contribution in [-0.2, 0) is 0 Å². The fourth-order valence-electron chi connectivity index (χ4n) is 1.91. The van der Waals surface area contributed by atoms with Crippen LogP contribution < -0.4 is 5.32 Å². The van der Waals surface area contributed by atoms with Gasteiger partial charge in [0.15, 0.2) is 0 Å². The van der Waals surface area contributed by atoms with Gasteiger partial charge < -0.3 is 10.3 Å². The smallest absolute Gasteiger partial charge is 0.273 e. The third-order valence-electron chi connectivity index (χ3n) is 3.03. The largest absolute Gasteiger partial charge is 0.352 e. The standard InChI is InChI=1S/C13H10Cl2N6O/c1-6-9(14)10(15)11(16-6)13(22)17-8-4-2-7(3-5-8)12-18-20-21-19-12/h2-5,16H,1H3,(H,17,22)(H,18,19,20,21). The van der Waals surface area contributed by atoms with Crippen molar-refractivity contribution in [2.45, 2.75) is 6.92 Å². The lowest BCUT2D eigenvalue weighted by atomic mass is 10.2. The molecule has 0 saturated carbocycles. The summed E-state index contributed by atoms with van der Waals surface area (Å²) in [7, 11) is 0. The lowest BCUT2D eigenvalue weighted by molar-refractivity contribution is 0.102. The van der Waals surface area contributed by atoms with Crippen molar-refractivity contribution in [2.24, 2.45) is 0 Å². The summed E-state index contributed by atoms with van der Waals surface area (Å²) in [6.07, 6.45) is 0. The quantitative estimate of drug-likeness (QED) is 0.684. The molecule has 1 amide bonds. The molecule has 0 aliphatic heterocycles. The van der Waals surface area contributed by atoms with E-state index in [1.54, 1.807) is 31.2 Å². The van der Waals surface area contributed by atoms with Gasteiger partial charge in [-0.1, -0.05) is 23.2 Å². The van der Waals surface area contributed by atoms with Gasteiger partial charge in [0.05, 0.1) is 10.0 Å². The summed E-state index contributed by atoms with van der Waals surface area (Å²) in [5.74, 6) is 0.111. The molecule has 0 bridgehead atoms. The van der Waals surface area contributed by atoms with Crippen molar-refractivity contribution in [1.29, 1.82) is 0 Å². The number of aromatic nitrogens is 5. The zero-order valence-electron chi connectivity index (χ0n) is 11.3. The number of nitrogens with zero attached hydrogens (tertiary/aromatic N) is 3. The number of hydrogen-bond donors (Lipinski definition) is 3. The minimum absolute atomic E-state index is 0.208. The molecule has 9 heteroatoms. The molecule has 0 saturated heterocycles. The summed E-state index contributed by atoms with van der Waals surface area (Å²) < 4.78 is 0. The fraction of sp³-hybridized carbons (Fsp3) is 0.0769. The van der Waals surface area contributed by atoms with Crippen LogP contribution in [-0.4, -0.2) is 31.5 Å². The Bertz CT molecular complexity index is 810. The van der Waals surface area contributed by atoms with E-state index in [0.29, 0.717) is 22.2 Å². The molecule has 7 nitrogen and oxygen atoms in total. The third-order valence-corrected chi connectivity index (χ3v) is 3.97. The molecule has 0 radical (unpaired) electrons. The topological polar surface area (TPSA) is 99.4 Å². The highest BCUT2D eigenvalue weighted by atomic mass is 35.5. The fourth-order valence-corrected chi connectivity index (χ4v) is 2.32. The first kappa shape index (κ1) is 14.6. The minimum Gasteiger partial charge on any atom is -0.352 e. The van der Waals surface area contributed by atoms with E-state index in [1.807, 2.05) is 0 Å². The normalized spacial score (nSPS) is 10.7. The highest BCUT2D eigenvalue weighted by molar-refractivity contribution is 6.44. The molecule has 0 aliphatic carbocycles. The zero-order valence-corrected chi connectivity index (χ0v) is 12.8. The number of aromatic amines is 2. The van der Waals surface area contributed by atoms with Crippen LogP contribution in [0.5, 0.6) is 0 Å².